The van der Waals surface area contributed by atoms with Gasteiger partial charge in [-0.25, -0.2) is 9.97 Å². The fourth-order valence-electron chi connectivity index (χ4n) is 1.74. The van der Waals surface area contributed by atoms with Crippen LogP contribution in [-0.4, -0.2) is 20.8 Å². The number of anilines is 1. The Morgan fingerprint density at radius 2 is 2.12 bits per heavy atom. The summed E-state index contributed by atoms with van der Waals surface area (Å²) in [5, 5.41) is 3.45. The average molecular weight is 262 g/mol. The Balaban J connectivity index is 2.33. The topological polar surface area (TPSA) is 56.7 Å². The number of hydrogen-bond donors (Lipinski definition) is 1. The molecule has 0 spiro atoms. The minimum Gasteiger partial charge on any atom is -0.375 e. The molecule has 17 heavy (non-hydrogen) atoms. The Hall–Kier alpha value is -1.53. The number of hydrogen-bond acceptors (Lipinski definition) is 5. The zero-order chi connectivity index (χ0) is 11.8. The molecular formula is C11H10N4S2. The normalized spacial score (nSPS) is 11.1. The quantitative estimate of drug-likeness (QED) is 0.721. The molecule has 3 rings (SSSR count). The lowest BCUT2D eigenvalue weighted by atomic mass is 10.3. The highest BCUT2D eigenvalue weighted by molar-refractivity contribution is 7.98. The van der Waals surface area contributed by atoms with E-state index in [0.29, 0.717) is 5.13 Å². The first-order valence-corrected chi connectivity index (χ1v) is 7.13. The van der Waals surface area contributed by atoms with Gasteiger partial charge in [0.2, 0.25) is 0 Å². The van der Waals surface area contributed by atoms with Crippen LogP contribution in [0.5, 0.6) is 0 Å². The van der Waals surface area contributed by atoms with Crippen LogP contribution in [0.15, 0.2) is 34.8 Å². The average Bonchev–Trinajstić information content (AvgIpc) is 2.91. The minimum atomic E-state index is 0.574. The van der Waals surface area contributed by atoms with Gasteiger partial charge in [0.1, 0.15) is 0 Å². The van der Waals surface area contributed by atoms with E-state index >= 15 is 0 Å². The first-order valence-electron chi connectivity index (χ1n) is 5.02. The summed E-state index contributed by atoms with van der Waals surface area (Å²) in [6, 6.07) is 8.03. The molecule has 2 heterocycles. The molecule has 0 saturated carbocycles. The van der Waals surface area contributed by atoms with Gasteiger partial charge in [-0.2, -0.15) is 0 Å². The SMILES string of the molecule is CSc1nc2ccccc2n1-c1csc(N)n1. The van der Waals surface area contributed by atoms with Gasteiger partial charge in [0, 0.05) is 5.38 Å². The number of benzene rings is 1. The van der Waals surface area contributed by atoms with E-state index in [1.807, 2.05) is 40.5 Å². The third-order valence-electron chi connectivity index (χ3n) is 2.45. The smallest absolute Gasteiger partial charge is 0.182 e. The Kier molecular flexibility index (Phi) is 2.53. The number of para-hydroxylation sites is 2. The maximum Gasteiger partial charge on any atom is 0.182 e. The van der Waals surface area contributed by atoms with E-state index in [9.17, 15) is 0 Å². The number of thioether (sulfide) groups is 1. The maximum absolute atomic E-state index is 5.69. The summed E-state index contributed by atoms with van der Waals surface area (Å²) in [4.78, 5) is 8.88. The molecule has 86 valence electrons. The van der Waals surface area contributed by atoms with Crippen LogP contribution >= 0.6 is 23.1 Å². The second kappa shape index (κ2) is 4.05. The van der Waals surface area contributed by atoms with Gasteiger partial charge in [0.15, 0.2) is 16.1 Å². The number of nitrogens with zero attached hydrogens (tertiary/aromatic N) is 3. The van der Waals surface area contributed by atoms with Crippen molar-refractivity contribution in [2.75, 3.05) is 12.0 Å². The van der Waals surface area contributed by atoms with E-state index in [4.69, 9.17) is 5.73 Å². The summed E-state index contributed by atoms with van der Waals surface area (Å²) < 4.78 is 2.03. The number of nitrogen functional groups attached to an aromatic ring is 1. The molecule has 3 aromatic rings. The molecular weight excluding hydrogens is 252 g/mol. The molecule has 0 amide bonds. The van der Waals surface area contributed by atoms with Gasteiger partial charge < -0.3 is 5.73 Å². The molecule has 1 aromatic carbocycles. The fraction of sp³-hybridized carbons (Fsp3) is 0.0909. The van der Waals surface area contributed by atoms with Crippen LogP contribution in [0.2, 0.25) is 0 Å². The summed E-state index contributed by atoms with van der Waals surface area (Å²) in [6.07, 6.45) is 2.01. The molecule has 0 aliphatic carbocycles. The van der Waals surface area contributed by atoms with Gasteiger partial charge in [-0.3, -0.25) is 4.57 Å². The molecule has 6 heteroatoms. The van der Waals surface area contributed by atoms with Crippen molar-refractivity contribution in [3.63, 3.8) is 0 Å². The lowest BCUT2D eigenvalue weighted by Crippen LogP contribution is -1.96. The number of thiazole rings is 1. The number of aromatic nitrogens is 3. The summed E-state index contributed by atoms with van der Waals surface area (Å²) in [5.41, 5.74) is 7.72. The largest absolute Gasteiger partial charge is 0.375 e. The molecule has 0 unspecified atom stereocenters. The Morgan fingerprint density at radius 1 is 1.29 bits per heavy atom. The molecule has 0 saturated heterocycles. The molecule has 0 atom stereocenters. The molecule has 0 aliphatic rings. The summed E-state index contributed by atoms with van der Waals surface area (Å²) >= 11 is 3.04. The third kappa shape index (κ3) is 1.69. The van der Waals surface area contributed by atoms with Gasteiger partial charge in [-0.05, 0) is 18.4 Å². The number of rotatable bonds is 2. The predicted octanol–water partition coefficient (Wildman–Crippen LogP) is 2.79. The van der Waals surface area contributed by atoms with E-state index in [1.54, 1.807) is 11.8 Å². The molecule has 2 aromatic heterocycles. The summed E-state index contributed by atoms with van der Waals surface area (Å²) in [5.74, 6) is 0.838. The van der Waals surface area contributed by atoms with Crippen LogP contribution < -0.4 is 5.73 Å². The molecule has 2 N–H and O–H groups in total. The van der Waals surface area contributed by atoms with Gasteiger partial charge in [-0.1, -0.05) is 23.9 Å². The van der Waals surface area contributed by atoms with Crippen molar-refractivity contribution in [3.05, 3.63) is 29.6 Å². The lowest BCUT2D eigenvalue weighted by molar-refractivity contribution is 0.898. The summed E-state index contributed by atoms with van der Waals surface area (Å²) in [6.45, 7) is 0. The van der Waals surface area contributed by atoms with Crippen LogP contribution in [-0.2, 0) is 0 Å². The van der Waals surface area contributed by atoms with Crippen molar-refractivity contribution in [1.29, 1.82) is 0 Å². The van der Waals surface area contributed by atoms with Crippen molar-refractivity contribution < 1.29 is 0 Å². The fourth-order valence-corrected chi connectivity index (χ4v) is 2.84. The summed E-state index contributed by atoms with van der Waals surface area (Å²) in [7, 11) is 0. The second-order valence-corrected chi connectivity index (χ2v) is 5.13. The van der Waals surface area contributed by atoms with E-state index in [2.05, 4.69) is 9.97 Å². The molecule has 0 radical (unpaired) electrons. The third-order valence-corrected chi connectivity index (χ3v) is 3.75. The number of fused-ring (bicyclic) bond motifs is 1. The standard InChI is InChI=1S/C11H10N4S2/c1-16-11-13-7-4-2-3-5-8(7)15(11)9-6-17-10(12)14-9/h2-6H,1H3,(H2,12,14). The monoisotopic (exact) mass is 262 g/mol. The van der Waals surface area contributed by atoms with Crippen molar-refractivity contribution >= 4 is 39.3 Å². The number of imidazole rings is 1. The van der Waals surface area contributed by atoms with Gasteiger partial charge >= 0.3 is 0 Å². The van der Waals surface area contributed by atoms with Crippen LogP contribution in [0.3, 0.4) is 0 Å². The van der Waals surface area contributed by atoms with Crippen LogP contribution in [0.1, 0.15) is 0 Å². The molecule has 0 aliphatic heterocycles. The highest BCUT2D eigenvalue weighted by Crippen LogP contribution is 2.27. The highest BCUT2D eigenvalue weighted by Gasteiger charge is 2.13. The second-order valence-electron chi connectivity index (χ2n) is 3.47. The molecule has 0 bridgehead atoms. The van der Waals surface area contributed by atoms with Crippen molar-refractivity contribution in [2.24, 2.45) is 0 Å². The van der Waals surface area contributed by atoms with Crippen LogP contribution in [0, 0.1) is 0 Å². The number of nitrogens with two attached hydrogens (primary N) is 1. The molecule has 0 fully saturated rings. The van der Waals surface area contributed by atoms with E-state index in [1.165, 1.54) is 11.3 Å². The van der Waals surface area contributed by atoms with Gasteiger partial charge in [0.25, 0.3) is 0 Å². The lowest BCUT2D eigenvalue weighted by Gasteiger charge is -2.02. The van der Waals surface area contributed by atoms with E-state index < -0.39 is 0 Å². The van der Waals surface area contributed by atoms with Crippen molar-refractivity contribution in [3.8, 4) is 5.82 Å². The Labute approximate surface area is 106 Å². The molecule has 4 nitrogen and oxygen atoms in total. The first kappa shape index (κ1) is 10.6. The minimum absolute atomic E-state index is 0.574. The zero-order valence-electron chi connectivity index (χ0n) is 9.12. The highest BCUT2D eigenvalue weighted by atomic mass is 32.2. The Morgan fingerprint density at radius 3 is 2.82 bits per heavy atom. The van der Waals surface area contributed by atoms with E-state index in [0.717, 1.165) is 22.0 Å². The first-order chi connectivity index (χ1) is 8.29. The predicted molar refractivity (Wildman–Crippen MR) is 72.9 cm³/mol. The van der Waals surface area contributed by atoms with Gasteiger partial charge in [0.05, 0.1) is 11.0 Å². The van der Waals surface area contributed by atoms with Crippen LogP contribution in [0.4, 0.5) is 5.13 Å². The maximum atomic E-state index is 5.69. The zero-order valence-corrected chi connectivity index (χ0v) is 10.8. The van der Waals surface area contributed by atoms with Crippen molar-refractivity contribution in [1.82, 2.24) is 14.5 Å². The van der Waals surface area contributed by atoms with Crippen LogP contribution in [0.25, 0.3) is 16.9 Å². The Bertz CT molecular complexity index is 671. The van der Waals surface area contributed by atoms with Gasteiger partial charge in [-0.15, -0.1) is 11.3 Å². The van der Waals surface area contributed by atoms with E-state index in [-0.39, 0.29) is 0 Å². The van der Waals surface area contributed by atoms with Crippen molar-refractivity contribution in [2.45, 2.75) is 5.16 Å².